The fourth-order valence-corrected chi connectivity index (χ4v) is 7.00. The molecule has 0 fully saturated rings. The number of hydrogen-bond acceptors (Lipinski definition) is 8. The Bertz CT molecular complexity index is 897. The third kappa shape index (κ3) is 40.6. The molecule has 0 aliphatic heterocycles. The van der Waals surface area contributed by atoms with Crippen LogP contribution in [-0.2, 0) is 27.9 Å². The zero-order valence-electron chi connectivity index (χ0n) is 35.0. The van der Waals surface area contributed by atoms with Gasteiger partial charge >= 0.3 is 13.8 Å². The van der Waals surface area contributed by atoms with Crippen LogP contribution in [0.1, 0.15) is 206 Å². The number of phosphoric ester groups is 1. The minimum Gasteiger partial charge on any atom is -0.457 e. The van der Waals surface area contributed by atoms with E-state index in [1.54, 1.807) is 0 Å². The van der Waals surface area contributed by atoms with Crippen molar-refractivity contribution in [2.45, 2.75) is 219 Å². The van der Waals surface area contributed by atoms with Crippen molar-refractivity contribution in [3.8, 4) is 0 Å². The minimum absolute atomic E-state index is 0.0477. The summed E-state index contributed by atoms with van der Waals surface area (Å²) in [7, 11) is -4.52. The molecular weight excluding hydrogens is 703 g/mol. The Morgan fingerprint density at radius 2 is 1.00 bits per heavy atom. The molecule has 0 radical (unpaired) electrons. The first kappa shape index (κ1) is 52.9. The molecule has 0 saturated carbocycles. The lowest BCUT2D eigenvalue weighted by Crippen LogP contribution is -2.29. The van der Waals surface area contributed by atoms with Crippen molar-refractivity contribution in [2.24, 2.45) is 0 Å². The Balaban J connectivity index is 4.16. The van der Waals surface area contributed by atoms with Gasteiger partial charge in [0.15, 0.2) is 0 Å². The second-order valence-corrected chi connectivity index (χ2v) is 16.5. The van der Waals surface area contributed by atoms with Crippen LogP contribution in [0.25, 0.3) is 0 Å². The Labute approximate surface area is 332 Å². The number of aliphatic hydroxyl groups excluding tert-OH is 2. The topological polar surface area (TPSA) is 132 Å². The maximum Gasteiger partial charge on any atom is 0.472 e. The normalized spacial score (nSPS) is 14.2. The van der Waals surface area contributed by atoms with Crippen LogP contribution in [0.5, 0.6) is 0 Å². The van der Waals surface area contributed by atoms with Gasteiger partial charge in [0.25, 0.3) is 0 Å². The predicted molar refractivity (Wildman–Crippen MR) is 224 cm³/mol. The van der Waals surface area contributed by atoms with Gasteiger partial charge in [-0.05, 0) is 44.9 Å². The van der Waals surface area contributed by atoms with Crippen molar-refractivity contribution < 1.29 is 43.0 Å². The lowest BCUT2D eigenvalue weighted by Gasteiger charge is -2.20. The molecule has 3 unspecified atom stereocenters. The van der Waals surface area contributed by atoms with E-state index in [0.29, 0.717) is 13.0 Å². The molecule has 0 heterocycles. The van der Waals surface area contributed by atoms with Crippen molar-refractivity contribution in [1.29, 1.82) is 0 Å². The second kappa shape index (κ2) is 41.6. The van der Waals surface area contributed by atoms with E-state index >= 15 is 0 Å². The molecule has 320 valence electrons. The first-order valence-electron chi connectivity index (χ1n) is 22.3. The number of aliphatic hydroxyl groups is 2. The molecule has 0 aromatic rings. The quantitative estimate of drug-likeness (QED) is 0.0239. The van der Waals surface area contributed by atoms with Gasteiger partial charge in [0.1, 0.15) is 12.2 Å². The summed E-state index contributed by atoms with van der Waals surface area (Å²) < 4.78 is 33.4. The fourth-order valence-electron chi connectivity index (χ4n) is 6.21. The molecule has 0 aliphatic rings. The van der Waals surface area contributed by atoms with E-state index in [1.807, 2.05) is 0 Å². The van der Waals surface area contributed by atoms with Crippen LogP contribution >= 0.6 is 7.82 Å². The molecule has 0 spiro atoms. The molecule has 0 amide bonds. The van der Waals surface area contributed by atoms with Gasteiger partial charge in [-0.3, -0.25) is 13.8 Å². The second-order valence-electron chi connectivity index (χ2n) is 15.1. The smallest absolute Gasteiger partial charge is 0.457 e. The number of carbonyl (C=O) groups excluding carboxylic acids is 1. The highest BCUT2D eigenvalue weighted by molar-refractivity contribution is 7.47. The molecule has 0 saturated heterocycles. The van der Waals surface area contributed by atoms with E-state index in [0.717, 1.165) is 51.4 Å². The van der Waals surface area contributed by atoms with Gasteiger partial charge < -0.3 is 24.6 Å². The first-order chi connectivity index (χ1) is 26.3. The van der Waals surface area contributed by atoms with Crippen LogP contribution in [0.3, 0.4) is 0 Å². The summed E-state index contributed by atoms with van der Waals surface area (Å²) in [6.07, 6.45) is 42.7. The van der Waals surface area contributed by atoms with E-state index in [2.05, 4.69) is 38.2 Å². The molecule has 0 aromatic carbocycles. The number of carbonyl (C=O) groups is 1. The molecular formula is C44H85O9P. The summed E-state index contributed by atoms with van der Waals surface area (Å²) in [5.74, 6) is -0.393. The molecule has 3 N–H and O–H groups in total. The number of rotatable bonds is 43. The lowest BCUT2D eigenvalue weighted by molar-refractivity contribution is -0.154. The van der Waals surface area contributed by atoms with E-state index in [9.17, 15) is 19.4 Å². The highest BCUT2D eigenvalue weighted by Gasteiger charge is 2.26. The number of phosphoric acid groups is 1. The molecule has 10 heteroatoms. The maximum atomic E-state index is 12.6. The third-order valence-electron chi connectivity index (χ3n) is 9.64. The first-order valence-corrected chi connectivity index (χ1v) is 23.8. The van der Waals surface area contributed by atoms with Crippen molar-refractivity contribution in [1.82, 2.24) is 0 Å². The van der Waals surface area contributed by atoms with E-state index < -0.39 is 39.2 Å². The molecule has 54 heavy (non-hydrogen) atoms. The summed E-state index contributed by atoms with van der Waals surface area (Å²) in [4.78, 5) is 22.6. The van der Waals surface area contributed by atoms with Crippen molar-refractivity contribution in [3.05, 3.63) is 24.3 Å². The summed E-state index contributed by atoms with van der Waals surface area (Å²) in [5.41, 5.74) is 0. The largest absolute Gasteiger partial charge is 0.472 e. The van der Waals surface area contributed by atoms with Crippen LogP contribution in [0, 0.1) is 0 Å². The molecule has 0 aromatic heterocycles. The van der Waals surface area contributed by atoms with E-state index in [4.69, 9.17) is 23.6 Å². The van der Waals surface area contributed by atoms with Crippen molar-refractivity contribution >= 4 is 13.8 Å². The molecule has 0 rings (SSSR count). The zero-order chi connectivity index (χ0) is 39.6. The SMILES string of the molecule is CCCCCC/C=C\C/C=C\CCCCCCCC(=O)OC(COCCCCCCCCCCCCCCCCCCC)COP(=O)(O)OCC(O)CO. The van der Waals surface area contributed by atoms with Gasteiger partial charge in [-0.2, -0.15) is 0 Å². The van der Waals surface area contributed by atoms with Crippen LogP contribution in [0.15, 0.2) is 24.3 Å². The molecule has 0 bridgehead atoms. The number of allylic oxidation sites excluding steroid dienone is 4. The van der Waals surface area contributed by atoms with E-state index in [-0.39, 0.29) is 19.6 Å². The van der Waals surface area contributed by atoms with Gasteiger partial charge in [0.2, 0.25) is 0 Å². The predicted octanol–water partition coefficient (Wildman–Crippen LogP) is 12.3. The van der Waals surface area contributed by atoms with Crippen LogP contribution in [0.2, 0.25) is 0 Å². The Hall–Kier alpha value is -1.06. The Kier molecular flexibility index (Phi) is 40.8. The van der Waals surface area contributed by atoms with Gasteiger partial charge in [-0.15, -0.1) is 0 Å². The summed E-state index contributed by atoms with van der Waals surface area (Å²) in [5, 5.41) is 18.3. The van der Waals surface area contributed by atoms with E-state index in [1.165, 1.54) is 128 Å². The highest BCUT2D eigenvalue weighted by Crippen LogP contribution is 2.43. The minimum atomic E-state index is -4.52. The van der Waals surface area contributed by atoms with Crippen LogP contribution in [0.4, 0.5) is 0 Å². The third-order valence-corrected chi connectivity index (χ3v) is 10.6. The summed E-state index contributed by atoms with van der Waals surface area (Å²) in [6, 6.07) is 0. The molecule has 0 aliphatic carbocycles. The van der Waals surface area contributed by atoms with Crippen molar-refractivity contribution in [2.75, 3.05) is 33.0 Å². The Morgan fingerprint density at radius 3 is 1.50 bits per heavy atom. The monoisotopic (exact) mass is 789 g/mol. The van der Waals surface area contributed by atoms with Crippen LogP contribution < -0.4 is 0 Å². The number of unbranched alkanes of at least 4 members (excludes halogenated alkanes) is 25. The Morgan fingerprint density at radius 1 is 0.574 bits per heavy atom. The highest BCUT2D eigenvalue weighted by atomic mass is 31.2. The van der Waals surface area contributed by atoms with Crippen molar-refractivity contribution in [3.63, 3.8) is 0 Å². The lowest BCUT2D eigenvalue weighted by atomic mass is 10.0. The number of hydrogen-bond donors (Lipinski definition) is 3. The van der Waals surface area contributed by atoms with Gasteiger partial charge in [0, 0.05) is 13.0 Å². The fraction of sp³-hybridized carbons (Fsp3) is 0.886. The van der Waals surface area contributed by atoms with Crippen LogP contribution in [-0.4, -0.2) is 66.3 Å². The average molecular weight is 789 g/mol. The maximum absolute atomic E-state index is 12.6. The summed E-state index contributed by atoms with van der Waals surface area (Å²) in [6.45, 7) is 3.52. The standard InChI is InChI=1S/C44H85O9P/c1-3-5-7-9-11-13-15-17-19-21-23-25-27-29-31-33-35-37-50-40-43(41-52-54(48,49)51-39-42(46)38-45)53-44(47)36-34-32-30-28-26-24-22-20-18-16-14-12-10-8-6-4-2/h14,16,20,22,42-43,45-46H,3-13,15,17-19,21,23-41H2,1-2H3,(H,48,49)/b16-14-,22-20-. The molecule has 9 nitrogen and oxygen atoms in total. The van der Waals surface area contributed by atoms with Gasteiger partial charge in [-0.25, -0.2) is 4.57 Å². The molecule has 3 atom stereocenters. The number of ether oxygens (including phenoxy) is 2. The summed E-state index contributed by atoms with van der Waals surface area (Å²) >= 11 is 0. The van der Waals surface area contributed by atoms with Gasteiger partial charge in [0.05, 0.1) is 26.4 Å². The van der Waals surface area contributed by atoms with Gasteiger partial charge in [-0.1, -0.05) is 179 Å². The zero-order valence-corrected chi connectivity index (χ0v) is 35.8. The average Bonchev–Trinajstić information content (AvgIpc) is 3.16. The number of esters is 1.